The smallest absolute Gasteiger partial charge is 0.0623 e. The monoisotopic (exact) mass is 285 g/mol. The van der Waals surface area contributed by atoms with Gasteiger partial charge in [0.1, 0.15) is 0 Å². The molecule has 0 aliphatic rings. The van der Waals surface area contributed by atoms with E-state index in [1.165, 1.54) is 0 Å². The van der Waals surface area contributed by atoms with Crippen LogP contribution < -0.4 is 5.73 Å². The third-order valence-corrected chi connectivity index (χ3v) is 3.51. The quantitative estimate of drug-likeness (QED) is 0.874. The lowest BCUT2D eigenvalue weighted by Gasteiger charge is -2.25. The van der Waals surface area contributed by atoms with Gasteiger partial charge < -0.3 is 10.8 Å². The Morgan fingerprint density at radius 3 is 2.25 bits per heavy atom. The van der Waals surface area contributed by atoms with Gasteiger partial charge in [-0.1, -0.05) is 41.9 Å². The van der Waals surface area contributed by atoms with Gasteiger partial charge in [0.25, 0.3) is 0 Å². The fourth-order valence-corrected chi connectivity index (χ4v) is 2.15. The molecule has 1 rings (SSSR count). The van der Waals surface area contributed by atoms with E-state index in [9.17, 15) is 5.11 Å². The van der Waals surface area contributed by atoms with E-state index in [-0.39, 0.29) is 12.0 Å². The van der Waals surface area contributed by atoms with Crippen molar-refractivity contribution >= 4 is 15.9 Å². The van der Waals surface area contributed by atoms with Crippen molar-refractivity contribution in [3.05, 3.63) is 34.3 Å². The van der Waals surface area contributed by atoms with Gasteiger partial charge in [0, 0.05) is 4.47 Å². The first-order valence-electron chi connectivity index (χ1n) is 5.67. The second-order valence-corrected chi connectivity index (χ2v) is 5.46. The lowest BCUT2D eigenvalue weighted by atomic mass is 9.87. The van der Waals surface area contributed by atoms with Crippen LogP contribution in [0, 0.1) is 11.8 Å². The summed E-state index contributed by atoms with van der Waals surface area (Å²) in [5.41, 5.74) is 6.83. The van der Waals surface area contributed by atoms with Crippen LogP contribution in [0.2, 0.25) is 0 Å². The Morgan fingerprint density at radius 2 is 1.81 bits per heavy atom. The summed E-state index contributed by atoms with van der Waals surface area (Å²) in [4.78, 5) is 0. The average Bonchev–Trinajstić information content (AvgIpc) is 2.22. The summed E-state index contributed by atoms with van der Waals surface area (Å²) in [6, 6.07) is 8.05. The number of hydrogen-bond donors (Lipinski definition) is 2. The van der Waals surface area contributed by atoms with Crippen molar-refractivity contribution < 1.29 is 5.11 Å². The Labute approximate surface area is 106 Å². The fraction of sp³-hybridized carbons (Fsp3) is 0.538. The molecule has 2 unspecified atom stereocenters. The van der Waals surface area contributed by atoms with Crippen LogP contribution in [-0.2, 0) is 6.42 Å². The molecule has 2 atom stereocenters. The molecule has 0 heterocycles. The zero-order chi connectivity index (χ0) is 12.1. The third kappa shape index (κ3) is 3.89. The molecule has 0 aromatic heterocycles. The Bertz CT molecular complexity index is 310. The summed E-state index contributed by atoms with van der Waals surface area (Å²) >= 11 is 3.39. The number of aliphatic hydroxyl groups excluding tert-OH is 1. The molecule has 0 aliphatic heterocycles. The highest BCUT2D eigenvalue weighted by molar-refractivity contribution is 9.10. The Morgan fingerprint density at radius 1 is 1.25 bits per heavy atom. The second kappa shape index (κ2) is 6.38. The van der Waals surface area contributed by atoms with E-state index >= 15 is 0 Å². The summed E-state index contributed by atoms with van der Waals surface area (Å²) in [5.74, 6) is 0.582. The molecule has 3 N–H and O–H groups in total. The highest BCUT2D eigenvalue weighted by atomic mass is 79.9. The summed E-state index contributed by atoms with van der Waals surface area (Å²) in [5, 5.41) is 10.1. The maximum atomic E-state index is 10.1. The van der Waals surface area contributed by atoms with Crippen LogP contribution in [0.5, 0.6) is 0 Å². The minimum absolute atomic E-state index is 0.170. The zero-order valence-corrected chi connectivity index (χ0v) is 11.4. The van der Waals surface area contributed by atoms with Crippen molar-refractivity contribution in [3.8, 4) is 0 Å². The standard InChI is InChI=1S/C13H20BrNO/c1-9(2)12(8-15)13(16)7-10-3-5-11(14)6-4-10/h3-6,9,12-13,16H,7-8,15H2,1-2H3. The van der Waals surface area contributed by atoms with Gasteiger partial charge in [-0.25, -0.2) is 0 Å². The van der Waals surface area contributed by atoms with E-state index in [0.717, 1.165) is 10.0 Å². The molecular formula is C13H20BrNO. The molecule has 0 radical (unpaired) electrons. The molecule has 0 spiro atoms. The van der Waals surface area contributed by atoms with Gasteiger partial charge in [-0.3, -0.25) is 0 Å². The van der Waals surface area contributed by atoms with Gasteiger partial charge >= 0.3 is 0 Å². The SMILES string of the molecule is CC(C)C(CN)C(O)Cc1ccc(Br)cc1. The van der Waals surface area contributed by atoms with Crippen LogP contribution >= 0.6 is 15.9 Å². The van der Waals surface area contributed by atoms with E-state index in [4.69, 9.17) is 5.73 Å². The van der Waals surface area contributed by atoms with Crippen LogP contribution in [0.25, 0.3) is 0 Å². The first-order chi connectivity index (χ1) is 7.54. The molecule has 0 bridgehead atoms. The number of aliphatic hydroxyl groups is 1. The fourth-order valence-electron chi connectivity index (χ4n) is 1.89. The minimum Gasteiger partial charge on any atom is -0.392 e. The van der Waals surface area contributed by atoms with Crippen LogP contribution in [0.3, 0.4) is 0 Å². The molecule has 0 aliphatic carbocycles. The third-order valence-electron chi connectivity index (χ3n) is 2.98. The van der Waals surface area contributed by atoms with Crippen molar-refractivity contribution in [2.24, 2.45) is 17.6 Å². The van der Waals surface area contributed by atoms with Crippen molar-refractivity contribution in [2.75, 3.05) is 6.54 Å². The maximum Gasteiger partial charge on any atom is 0.0623 e. The van der Waals surface area contributed by atoms with Crippen molar-refractivity contribution in [3.63, 3.8) is 0 Å². The first kappa shape index (κ1) is 13.7. The number of benzene rings is 1. The maximum absolute atomic E-state index is 10.1. The Balaban J connectivity index is 2.62. The van der Waals surface area contributed by atoms with Crippen LogP contribution in [0.1, 0.15) is 19.4 Å². The molecule has 0 amide bonds. The normalized spacial score (nSPS) is 15.1. The highest BCUT2D eigenvalue weighted by Crippen LogP contribution is 2.19. The van der Waals surface area contributed by atoms with Crippen molar-refractivity contribution in [2.45, 2.75) is 26.4 Å². The molecule has 2 nitrogen and oxygen atoms in total. The van der Waals surface area contributed by atoms with Gasteiger partial charge in [0.15, 0.2) is 0 Å². The van der Waals surface area contributed by atoms with Crippen molar-refractivity contribution in [1.82, 2.24) is 0 Å². The van der Waals surface area contributed by atoms with Gasteiger partial charge in [-0.2, -0.15) is 0 Å². The van der Waals surface area contributed by atoms with Gasteiger partial charge in [0.05, 0.1) is 6.10 Å². The molecule has 0 saturated carbocycles. The van der Waals surface area contributed by atoms with Crippen LogP contribution in [0.4, 0.5) is 0 Å². The first-order valence-corrected chi connectivity index (χ1v) is 6.46. The van der Waals surface area contributed by atoms with E-state index in [1.807, 2.05) is 24.3 Å². The topological polar surface area (TPSA) is 46.2 Å². The lowest BCUT2D eigenvalue weighted by molar-refractivity contribution is 0.0863. The van der Waals surface area contributed by atoms with Gasteiger partial charge in [-0.05, 0) is 42.5 Å². The van der Waals surface area contributed by atoms with E-state index in [0.29, 0.717) is 18.9 Å². The predicted octanol–water partition coefficient (Wildman–Crippen LogP) is 2.58. The number of nitrogens with two attached hydrogens (primary N) is 1. The molecule has 1 aromatic carbocycles. The number of hydrogen-bond acceptors (Lipinski definition) is 2. The highest BCUT2D eigenvalue weighted by Gasteiger charge is 2.21. The van der Waals surface area contributed by atoms with Crippen LogP contribution in [-0.4, -0.2) is 17.8 Å². The molecule has 90 valence electrons. The zero-order valence-electron chi connectivity index (χ0n) is 9.86. The van der Waals surface area contributed by atoms with E-state index in [1.54, 1.807) is 0 Å². The second-order valence-electron chi connectivity index (χ2n) is 4.54. The number of halogens is 1. The summed E-state index contributed by atoms with van der Waals surface area (Å²) in [6.45, 7) is 4.74. The summed E-state index contributed by atoms with van der Waals surface area (Å²) in [6.07, 6.45) is 0.319. The van der Waals surface area contributed by atoms with E-state index < -0.39 is 0 Å². The molecular weight excluding hydrogens is 266 g/mol. The Kier molecular flexibility index (Phi) is 5.46. The average molecular weight is 286 g/mol. The van der Waals surface area contributed by atoms with Gasteiger partial charge in [-0.15, -0.1) is 0 Å². The molecule has 0 fully saturated rings. The molecule has 16 heavy (non-hydrogen) atoms. The minimum atomic E-state index is -0.355. The van der Waals surface area contributed by atoms with Crippen LogP contribution in [0.15, 0.2) is 28.7 Å². The Hall–Kier alpha value is -0.380. The number of rotatable bonds is 5. The summed E-state index contributed by atoms with van der Waals surface area (Å²) < 4.78 is 1.06. The van der Waals surface area contributed by atoms with Crippen molar-refractivity contribution in [1.29, 1.82) is 0 Å². The molecule has 1 aromatic rings. The lowest BCUT2D eigenvalue weighted by Crippen LogP contribution is -2.33. The summed E-state index contributed by atoms with van der Waals surface area (Å²) in [7, 11) is 0. The van der Waals surface area contributed by atoms with E-state index in [2.05, 4.69) is 29.8 Å². The molecule has 0 saturated heterocycles. The molecule has 3 heteroatoms. The largest absolute Gasteiger partial charge is 0.392 e. The predicted molar refractivity (Wildman–Crippen MR) is 71.2 cm³/mol. The van der Waals surface area contributed by atoms with Gasteiger partial charge in [0.2, 0.25) is 0 Å².